The minimum atomic E-state index is -0.433. The van der Waals surface area contributed by atoms with Crippen molar-refractivity contribution >= 4 is 5.78 Å². The molecular weight excluding hydrogens is 245 g/mol. The van der Waals surface area contributed by atoms with Crippen LogP contribution in [0.5, 0.6) is 0 Å². The van der Waals surface area contributed by atoms with Gasteiger partial charge in [-0.2, -0.15) is 6.92 Å². The fraction of sp³-hybridized carbons (Fsp3) is 0.778. The Bertz CT molecular complexity index is 199. The van der Waals surface area contributed by atoms with E-state index >= 15 is 0 Å². The Labute approximate surface area is 103 Å². The number of ketones is 1. The molecule has 1 saturated carbocycles. The minimum Gasteiger partial charge on any atom is -0.350 e. The second-order valence-electron chi connectivity index (χ2n) is 3.49. The fourth-order valence-electron chi connectivity index (χ4n) is 1.85. The summed E-state index contributed by atoms with van der Waals surface area (Å²) >= 11 is 0. The molecule has 0 radical (unpaired) electrons. The third-order valence-electron chi connectivity index (χ3n) is 2.56. The molecule has 0 aromatic heterocycles. The van der Waals surface area contributed by atoms with Gasteiger partial charge in [0, 0.05) is 12.2 Å². The normalized spacial score (nSPS) is 26.2. The van der Waals surface area contributed by atoms with Crippen LogP contribution in [-0.2, 0) is 47.0 Å². The van der Waals surface area contributed by atoms with E-state index in [0.717, 1.165) is 12.3 Å². The van der Waals surface area contributed by atoms with Crippen LogP contribution in [0.4, 0.5) is 0 Å². The maximum atomic E-state index is 11.2. The average Bonchev–Trinajstić information content (AvgIpc) is 2.47. The summed E-state index contributed by atoms with van der Waals surface area (Å²) in [4.78, 5) is 11.2. The summed E-state index contributed by atoms with van der Waals surface area (Å²) in [6, 6.07) is 0. The average molecular weight is 258 g/mol. The number of hydrogen-bond donors (Lipinski definition) is 0. The molecule has 0 unspecified atom stereocenters. The molecule has 4 heteroatoms. The van der Waals surface area contributed by atoms with E-state index in [2.05, 4.69) is 0 Å². The zero-order chi connectivity index (χ0) is 8.60. The summed E-state index contributed by atoms with van der Waals surface area (Å²) in [5.41, 5.74) is 0. The molecule has 68 valence electrons. The molecule has 0 amide bonds. The van der Waals surface area contributed by atoms with Gasteiger partial charge in [0.15, 0.2) is 0 Å². The Morgan fingerprint density at radius 3 is 2.54 bits per heavy atom. The van der Waals surface area contributed by atoms with Gasteiger partial charge in [0.1, 0.15) is 5.79 Å². The van der Waals surface area contributed by atoms with Crippen LogP contribution in [0.1, 0.15) is 26.2 Å². The molecular formula is C9H13O3Y+2. The van der Waals surface area contributed by atoms with Crippen LogP contribution in [0.25, 0.3) is 0 Å². The molecule has 0 atom stereocenters. The first-order chi connectivity index (χ1) is 5.72. The molecule has 0 N–H and O–H groups in total. The molecule has 3 nitrogen and oxygen atoms in total. The number of ether oxygens (including phenoxy) is 2. The summed E-state index contributed by atoms with van der Waals surface area (Å²) in [7, 11) is 0. The Morgan fingerprint density at radius 1 is 1.38 bits per heavy atom. The zero-order valence-electron chi connectivity index (χ0n) is 7.84. The van der Waals surface area contributed by atoms with Gasteiger partial charge < -0.3 is 20.2 Å². The monoisotopic (exact) mass is 258 g/mol. The Hall–Kier alpha value is 0.564. The molecule has 0 aromatic carbocycles. The van der Waals surface area contributed by atoms with Crippen molar-refractivity contribution in [3.63, 3.8) is 0 Å². The van der Waals surface area contributed by atoms with Crippen LogP contribution in [0.3, 0.4) is 0 Å². The number of hydrogen-bond acceptors (Lipinski definition) is 3. The Kier molecular flexibility index (Phi) is 3.93. The smallest absolute Gasteiger partial charge is 0.350 e. The van der Waals surface area contributed by atoms with Gasteiger partial charge in [-0.3, -0.25) is 0 Å². The van der Waals surface area contributed by atoms with Gasteiger partial charge in [-0.15, -0.1) is 6.42 Å². The van der Waals surface area contributed by atoms with Gasteiger partial charge in [0.2, 0.25) is 0 Å². The number of carbonyl (C=O) groups excluding carboxylic acids is 1. The molecule has 1 aliphatic heterocycles. The van der Waals surface area contributed by atoms with Crippen molar-refractivity contribution in [1.82, 2.24) is 0 Å². The minimum absolute atomic E-state index is 0. The second kappa shape index (κ2) is 4.39. The number of Topliss-reactive ketones (excluding diaryl/α,β-unsaturated/α-hetero) is 1. The van der Waals surface area contributed by atoms with Crippen LogP contribution in [-0.4, -0.2) is 24.8 Å². The van der Waals surface area contributed by atoms with Gasteiger partial charge in [0.25, 0.3) is 0 Å². The molecule has 13 heavy (non-hydrogen) atoms. The van der Waals surface area contributed by atoms with Crippen LogP contribution < -0.4 is 0 Å². The third kappa shape index (κ3) is 2.32. The second-order valence-corrected chi connectivity index (χ2v) is 3.49. The van der Waals surface area contributed by atoms with Crippen molar-refractivity contribution in [3.8, 4) is 0 Å². The first-order valence-corrected chi connectivity index (χ1v) is 4.35. The summed E-state index contributed by atoms with van der Waals surface area (Å²) in [5, 5.41) is 0. The van der Waals surface area contributed by atoms with Gasteiger partial charge >= 0.3 is 32.7 Å². The van der Waals surface area contributed by atoms with Gasteiger partial charge in [-0.05, 0) is 6.42 Å². The summed E-state index contributed by atoms with van der Waals surface area (Å²) in [6.45, 7) is 3.21. The Morgan fingerprint density at radius 2 is 2.00 bits per heavy atom. The van der Waals surface area contributed by atoms with Gasteiger partial charge in [-0.1, -0.05) is 0 Å². The SMILES string of the molecule is C[C-]1CC2(CCC1=O)OCCO2.[Y+3]. The van der Waals surface area contributed by atoms with Crippen LogP contribution >= 0.6 is 0 Å². The molecule has 1 aliphatic carbocycles. The van der Waals surface area contributed by atoms with E-state index in [9.17, 15) is 4.79 Å². The molecule has 2 rings (SSSR count). The zero-order valence-corrected chi connectivity index (χ0v) is 10.7. The third-order valence-corrected chi connectivity index (χ3v) is 2.56. The number of carbonyl (C=O) groups is 1. The molecule has 0 bridgehead atoms. The standard InChI is InChI=1S/C9H13O3.Y/c1-7-6-9(3-2-8(7)10)11-4-5-12-9;/h2-6H2,1H3;/q-1;+3. The molecule has 0 aromatic rings. The van der Waals surface area contributed by atoms with Crippen molar-refractivity contribution in [1.29, 1.82) is 0 Å². The van der Waals surface area contributed by atoms with Crippen LogP contribution in [0.15, 0.2) is 0 Å². The predicted octanol–water partition coefficient (Wildman–Crippen LogP) is 1.07. The summed E-state index contributed by atoms with van der Waals surface area (Å²) in [6.07, 6.45) is 1.96. The molecule has 1 heterocycles. The van der Waals surface area contributed by atoms with E-state index in [-0.39, 0.29) is 38.5 Å². The van der Waals surface area contributed by atoms with Crippen molar-refractivity contribution in [2.75, 3.05) is 13.2 Å². The van der Waals surface area contributed by atoms with Crippen molar-refractivity contribution in [2.24, 2.45) is 0 Å². The van der Waals surface area contributed by atoms with Crippen molar-refractivity contribution < 1.29 is 47.0 Å². The summed E-state index contributed by atoms with van der Waals surface area (Å²) < 4.78 is 11.0. The number of rotatable bonds is 0. The maximum Gasteiger partial charge on any atom is 3.00 e. The predicted molar refractivity (Wildman–Crippen MR) is 42.4 cm³/mol. The molecule has 1 spiro atoms. The first kappa shape index (κ1) is 11.6. The van der Waals surface area contributed by atoms with Crippen LogP contribution in [0, 0.1) is 5.92 Å². The largest absolute Gasteiger partial charge is 3.00 e. The van der Waals surface area contributed by atoms with E-state index in [4.69, 9.17) is 9.47 Å². The quantitative estimate of drug-likeness (QED) is 0.610. The maximum absolute atomic E-state index is 11.2. The van der Waals surface area contributed by atoms with E-state index in [1.54, 1.807) is 0 Å². The Balaban J connectivity index is 0.000000845. The fourth-order valence-corrected chi connectivity index (χ4v) is 1.85. The van der Waals surface area contributed by atoms with E-state index in [1.807, 2.05) is 6.92 Å². The van der Waals surface area contributed by atoms with E-state index in [1.165, 1.54) is 0 Å². The van der Waals surface area contributed by atoms with Crippen molar-refractivity contribution in [3.05, 3.63) is 5.92 Å². The van der Waals surface area contributed by atoms with E-state index in [0.29, 0.717) is 26.1 Å². The van der Waals surface area contributed by atoms with E-state index < -0.39 is 5.79 Å². The van der Waals surface area contributed by atoms with Gasteiger partial charge in [-0.25, -0.2) is 0 Å². The van der Waals surface area contributed by atoms with Crippen molar-refractivity contribution in [2.45, 2.75) is 32.0 Å². The van der Waals surface area contributed by atoms with Gasteiger partial charge in [0.05, 0.1) is 13.2 Å². The molecule has 2 aliphatic rings. The van der Waals surface area contributed by atoms with Crippen LogP contribution in [0.2, 0.25) is 0 Å². The summed E-state index contributed by atoms with van der Waals surface area (Å²) in [5.74, 6) is 0.723. The molecule has 2 fully saturated rings. The topological polar surface area (TPSA) is 35.5 Å². The first-order valence-electron chi connectivity index (χ1n) is 4.35. The molecule has 1 saturated heterocycles.